The van der Waals surface area contributed by atoms with E-state index in [4.69, 9.17) is 0 Å². The van der Waals surface area contributed by atoms with Gasteiger partial charge < -0.3 is 5.11 Å². The van der Waals surface area contributed by atoms with Crippen molar-refractivity contribution in [3.05, 3.63) is 0 Å². The van der Waals surface area contributed by atoms with E-state index in [1.807, 2.05) is 13.8 Å². The van der Waals surface area contributed by atoms with Crippen LogP contribution in [-0.4, -0.2) is 16.5 Å². The maximum atomic E-state index is 11.1. The van der Waals surface area contributed by atoms with Gasteiger partial charge >= 0.3 is 0 Å². The fraction of sp³-hybridized carbons (Fsp3) is 0.889. The van der Waals surface area contributed by atoms with Crippen molar-refractivity contribution in [2.75, 3.05) is 0 Å². The van der Waals surface area contributed by atoms with Gasteiger partial charge in [0.05, 0.1) is 5.60 Å². The maximum Gasteiger partial charge on any atom is 0.135 e. The summed E-state index contributed by atoms with van der Waals surface area (Å²) in [5, 5.41) is 9.41. The monoisotopic (exact) mass is 156 g/mol. The van der Waals surface area contributed by atoms with Gasteiger partial charge in [-0.05, 0) is 19.3 Å². The van der Waals surface area contributed by atoms with Crippen LogP contribution in [0.3, 0.4) is 0 Å². The minimum absolute atomic E-state index is 0.123. The number of hydrogen-bond acceptors (Lipinski definition) is 2. The Bertz CT molecular complexity index is 157. The molecule has 11 heavy (non-hydrogen) atoms. The molecule has 0 bridgehead atoms. The zero-order valence-corrected chi connectivity index (χ0v) is 7.26. The summed E-state index contributed by atoms with van der Waals surface area (Å²) in [5.41, 5.74) is -0.454. The Balaban J connectivity index is 2.16. The second kappa shape index (κ2) is 2.94. The molecular formula is C9H16O2. The second-order valence-electron chi connectivity index (χ2n) is 3.85. The first kappa shape index (κ1) is 8.72. The average molecular weight is 156 g/mol. The van der Waals surface area contributed by atoms with Gasteiger partial charge in [0.1, 0.15) is 5.78 Å². The molecule has 2 heteroatoms. The Morgan fingerprint density at radius 3 is 2.45 bits per heavy atom. The van der Waals surface area contributed by atoms with Crippen molar-refractivity contribution in [1.29, 1.82) is 0 Å². The summed E-state index contributed by atoms with van der Waals surface area (Å²) in [4.78, 5) is 11.1. The first-order valence-electron chi connectivity index (χ1n) is 4.29. The summed E-state index contributed by atoms with van der Waals surface area (Å²) in [7, 11) is 0. The number of hydrogen-bond donors (Lipinski definition) is 1. The molecule has 0 atom stereocenters. The van der Waals surface area contributed by atoms with E-state index < -0.39 is 5.60 Å². The molecule has 1 saturated carbocycles. The van der Waals surface area contributed by atoms with E-state index in [1.165, 1.54) is 0 Å². The molecule has 0 spiro atoms. The number of aliphatic hydroxyl groups is 1. The van der Waals surface area contributed by atoms with Crippen LogP contribution in [0.2, 0.25) is 0 Å². The molecule has 0 heterocycles. The Labute approximate surface area is 67.6 Å². The highest BCUT2D eigenvalue weighted by Gasteiger charge is 2.39. The zero-order chi connectivity index (χ0) is 8.48. The van der Waals surface area contributed by atoms with Crippen LogP contribution in [0.4, 0.5) is 0 Å². The second-order valence-corrected chi connectivity index (χ2v) is 3.85. The van der Waals surface area contributed by atoms with E-state index in [2.05, 4.69) is 0 Å². The van der Waals surface area contributed by atoms with E-state index in [-0.39, 0.29) is 11.7 Å². The molecule has 1 aliphatic rings. The highest BCUT2D eigenvalue weighted by atomic mass is 16.3. The normalized spacial score (nSPS) is 20.4. The summed E-state index contributed by atoms with van der Waals surface area (Å²) in [6.45, 7) is 3.80. The van der Waals surface area contributed by atoms with Crippen molar-refractivity contribution in [3.8, 4) is 0 Å². The van der Waals surface area contributed by atoms with Crippen molar-refractivity contribution in [1.82, 2.24) is 0 Å². The van der Waals surface area contributed by atoms with E-state index in [0.717, 1.165) is 12.8 Å². The predicted molar refractivity (Wildman–Crippen MR) is 43.3 cm³/mol. The topological polar surface area (TPSA) is 37.3 Å². The van der Waals surface area contributed by atoms with Gasteiger partial charge in [-0.3, -0.25) is 4.79 Å². The van der Waals surface area contributed by atoms with Gasteiger partial charge in [0.15, 0.2) is 0 Å². The number of carbonyl (C=O) groups is 1. The Hall–Kier alpha value is -0.370. The van der Waals surface area contributed by atoms with Crippen LogP contribution in [0.15, 0.2) is 0 Å². The van der Waals surface area contributed by atoms with Gasteiger partial charge in [0, 0.05) is 12.3 Å². The van der Waals surface area contributed by atoms with E-state index in [9.17, 15) is 9.90 Å². The van der Waals surface area contributed by atoms with Crippen molar-refractivity contribution >= 4 is 5.78 Å². The number of Topliss-reactive ketones (excluding diaryl/α,β-unsaturated/α-hetero) is 1. The lowest BCUT2D eigenvalue weighted by molar-refractivity contribution is -0.122. The molecule has 1 rings (SSSR count). The lowest BCUT2D eigenvalue weighted by Gasteiger charge is -2.07. The van der Waals surface area contributed by atoms with Crippen LogP contribution in [0.1, 0.15) is 39.5 Å². The van der Waals surface area contributed by atoms with E-state index in [1.54, 1.807) is 0 Å². The third kappa shape index (κ3) is 2.62. The van der Waals surface area contributed by atoms with E-state index >= 15 is 0 Å². The number of ketones is 1. The highest BCUT2D eigenvalue weighted by molar-refractivity contribution is 5.80. The molecule has 2 nitrogen and oxygen atoms in total. The van der Waals surface area contributed by atoms with Crippen molar-refractivity contribution in [2.45, 2.75) is 45.1 Å². The van der Waals surface area contributed by atoms with Crippen molar-refractivity contribution < 1.29 is 9.90 Å². The maximum absolute atomic E-state index is 11.1. The van der Waals surface area contributed by atoms with Gasteiger partial charge in [0.2, 0.25) is 0 Å². The average Bonchev–Trinajstić information content (AvgIpc) is 2.64. The first-order valence-corrected chi connectivity index (χ1v) is 4.29. The van der Waals surface area contributed by atoms with Crippen LogP contribution in [-0.2, 0) is 4.79 Å². The summed E-state index contributed by atoms with van der Waals surface area (Å²) < 4.78 is 0. The third-order valence-electron chi connectivity index (χ3n) is 2.31. The fourth-order valence-corrected chi connectivity index (χ4v) is 1.04. The van der Waals surface area contributed by atoms with Gasteiger partial charge in [-0.25, -0.2) is 0 Å². The summed E-state index contributed by atoms with van der Waals surface area (Å²) in [5.74, 6) is 0.391. The molecule has 0 unspecified atom stereocenters. The minimum Gasteiger partial charge on any atom is -0.390 e. The molecule has 64 valence electrons. The SMILES string of the molecule is CC(C)C(=O)CCC1(O)CC1. The van der Waals surface area contributed by atoms with Crippen LogP contribution in [0.5, 0.6) is 0 Å². The first-order chi connectivity index (χ1) is 5.03. The number of rotatable bonds is 4. The van der Waals surface area contributed by atoms with Crippen LogP contribution < -0.4 is 0 Å². The molecule has 0 aromatic carbocycles. The molecule has 0 aromatic rings. The molecule has 0 saturated heterocycles. The van der Waals surface area contributed by atoms with Crippen molar-refractivity contribution in [3.63, 3.8) is 0 Å². The standard InChI is InChI=1S/C9H16O2/c1-7(2)8(10)3-4-9(11)5-6-9/h7,11H,3-6H2,1-2H3. The Kier molecular flexibility index (Phi) is 2.33. The molecule has 0 aliphatic heterocycles. The lowest BCUT2D eigenvalue weighted by Crippen LogP contribution is -2.13. The van der Waals surface area contributed by atoms with Gasteiger partial charge in [0.25, 0.3) is 0 Å². The van der Waals surface area contributed by atoms with Crippen LogP contribution >= 0.6 is 0 Å². The predicted octanol–water partition coefficient (Wildman–Crippen LogP) is 1.52. The Morgan fingerprint density at radius 1 is 1.55 bits per heavy atom. The molecule has 1 aliphatic carbocycles. The Morgan fingerprint density at radius 2 is 2.09 bits per heavy atom. The molecule has 0 aromatic heterocycles. The largest absolute Gasteiger partial charge is 0.390 e. The molecule has 0 radical (unpaired) electrons. The van der Waals surface area contributed by atoms with Crippen molar-refractivity contribution in [2.24, 2.45) is 5.92 Å². The smallest absolute Gasteiger partial charge is 0.135 e. The lowest BCUT2D eigenvalue weighted by atomic mass is 10.0. The molecular weight excluding hydrogens is 140 g/mol. The molecule has 0 amide bonds. The molecule has 1 fully saturated rings. The summed E-state index contributed by atoms with van der Waals surface area (Å²) in [6.07, 6.45) is 2.99. The summed E-state index contributed by atoms with van der Waals surface area (Å²) in [6, 6.07) is 0. The minimum atomic E-state index is -0.454. The van der Waals surface area contributed by atoms with E-state index in [0.29, 0.717) is 12.8 Å². The fourth-order valence-electron chi connectivity index (χ4n) is 1.04. The highest BCUT2D eigenvalue weighted by Crippen LogP contribution is 2.39. The van der Waals surface area contributed by atoms with Gasteiger partial charge in [-0.1, -0.05) is 13.8 Å². The van der Waals surface area contributed by atoms with Gasteiger partial charge in [-0.15, -0.1) is 0 Å². The summed E-state index contributed by atoms with van der Waals surface area (Å²) >= 11 is 0. The third-order valence-corrected chi connectivity index (χ3v) is 2.31. The number of carbonyl (C=O) groups excluding carboxylic acids is 1. The van der Waals surface area contributed by atoms with Gasteiger partial charge in [-0.2, -0.15) is 0 Å². The van der Waals surface area contributed by atoms with Crippen LogP contribution in [0, 0.1) is 5.92 Å². The zero-order valence-electron chi connectivity index (χ0n) is 7.26. The molecule has 1 N–H and O–H groups in total. The van der Waals surface area contributed by atoms with Crippen LogP contribution in [0.25, 0.3) is 0 Å². The quantitative estimate of drug-likeness (QED) is 0.670.